The van der Waals surface area contributed by atoms with E-state index in [9.17, 15) is 0 Å². The Kier molecular flexibility index (Phi) is 4.12. The zero-order valence-electron chi connectivity index (χ0n) is 9.84. The molecule has 0 aliphatic rings. The number of hydrogen-bond acceptors (Lipinski definition) is 4. The van der Waals surface area contributed by atoms with E-state index in [1.165, 1.54) is 4.88 Å². The van der Waals surface area contributed by atoms with Gasteiger partial charge in [-0.3, -0.25) is 0 Å². The predicted octanol–water partition coefficient (Wildman–Crippen LogP) is 2.66. The number of thiophene rings is 1. The topological polar surface area (TPSA) is 36.4 Å². The molecule has 2 heterocycles. The summed E-state index contributed by atoms with van der Waals surface area (Å²) >= 11 is 1.75. The summed E-state index contributed by atoms with van der Waals surface area (Å²) in [4.78, 5) is 7.95. The summed E-state index contributed by atoms with van der Waals surface area (Å²) < 4.78 is 0. The van der Waals surface area contributed by atoms with Gasteiger partial charge in [-0.1, -0.05) is 12.1 Å². The van der Waals surface area contributed by atoms with Crippen molar-refractivity contribution in [3.8, 4) is 0 Å². The molecule has 0 fully saturated rings. The van der Waals surface area contributed by atoms with Gasteiger partial charge >= 0.3 is 0 Å². The minimum absolute atomic E-state index is 0.00953. The highest BCUT2D eigenvalue weighted by Gasteiger charge is 2.07. The summed E-state index contributed by atoms with van der Waals surface area (Å²) in [6.07, 6.45) is 0. The van der Waals surface area contributed by atoms with E-state index in [0.29, 0.717) is 5.69 Å². The van der Waals surface area contributed by atoms with Gasteiger partial charge in [0.15, 0.2) is 0 Å². The molecule has 0 radical (unpaired) electrons. The van der Waals surface area contributed by atoms with Crippen molar-refractivity contribution in [3.05, 3.63) is 46.3 Å². The Balaban J connectivity index is 2.16. The molecule has 0 aliphatic carbocycles. The van der Waals surface area contributed by atoms with Crippen molar-refractivity contribution in [1.82, 2.24) is 4.98 Å². The molecular formula is C13H16N2OS. The Hall–Kier alpha value is -1.39. The van der Waals surface area contributed by atoms with Crippen molar-refractivity contribution < 1.29 is 5.11 Å². The van der Waals surface area contributed by atoms with Crippen LogP contribution < -0.4 is 4.90 Å². The van der Waals surface area contributed by atoms with Crippen molar-refractivity contribution in [2.45, 2.75) is 20.1 Å². The van der Waals surface area contributed by atoms with E-state index in [1.807, 2.05) is 18.2 Å². The Morgan fingerprint density at radius 3 is 2.82 bits per heavy atom. The smallest absolute Gasteiger partial charge is 0.129 e. The number of anilines is 1. The molecule has 0 aliphatic heterocycles. The molecule has 0 bridgehead atoms. The average molecular weight is 248 g/mol. The van der Waals surface area contributed by atoms with E-state index in [4.69, 9.17) is 5.11 Å². The summed E-state index contributed by atoms with van der Waals surface area (Å²) in [5.41, 5.74) is 0.715. The number of aromatic nitrogens is 1. The lowest BCUT2D eigenvalue weighted by atomic mass is 10.3. The molecule has 2 aromatic rings. The van der Waals surface area contributed by atoms with Crippen molar-refractivity contribution in [3.63, 3.8) is 0 Å². The van der Waals surface area contributed by atoms with Crippen LogP contribution >= 0.6 is 11.3 Å². The predicted molar refractivity (Wildman–Crippen MR) is 71.2 cm³/mol. The molecule has 0 amide bonds. The monoisotopic (exact) mass is 248 g/mol. The fourth-order valence-electron chi connectivity index (χ4n) is 1.68. The Bertz CT molecular complexity index is 456. The maximum Gasteiger partial charge on any atom is 0.129 e. The molecule has 0 spiro atoms. The molecule has 1 N–H and O–H groups in total. The average Bonchev–Trinajstić information content (AvgIpc) is 2.89. The van der Waals surface area contributed by atoms with Gasteiger partial charge in [-0.25, -0.2) is 4.98 Å². The number of hydrogen-bond donors (Lipinski definition) is 1. The first-order valence-electron chi connectivity index (χ1n) is 5.67. The number of pyridine rings is 1. The second kappa shape index (κ2) is 5.80. The Labute approximate surface area is 105 Å². The van der Waals surface area contributed by atoms with Gasteiger partial charge in [0.25, 0.3) is 0 Å². The van der Waals surface area contributed by atoms with Crippen LogP contribution in [-0.2, 0) is 13.2 Å². The molecule has 0 atom stereocenters. The molecular weight excluding hydrogens is 232 g/mol. The molecule has 3 nitrogen and oxygen atoms in total. The number of nitrogens with zero attached hydrogens (tertiary/aromatic N) is 2. The minimum atomic E-state index is -0.00953. The van der Waals surface area contributed by atoms with Crippen molar-refractivity contribution in [2.75, 3.05) is 11.4 Å². The third-order valence-electron chi connectivity index (χ3n) is 2.59. The van der Waals surface area contributed by atoms with Crippen LogP contribution in [0.25, 0.3) is 0 Å². The normalized spacial score (nSPS) is 10.5. The van der Waals surface area contributed by atoms with Crippen LogP contribution in [0.4, 0.5) is 5.82 Å². The number of rotatable bonds is 5. The number of aliphatic hydroxyl groups is 1. The largest absolute Gasteiger partial charge is 0.390 e. The quantitative estimate of drug-likeness (QED) is 0.883. The van der Waals surface area contributed by atoms with Gasteiger partial charge < -0.3 is 10.0 Å². The summed E-state index contributed by atoms with van der Waals surface area (Å²) in [6, 6.07) is 9.94. The molecule has 0 saturated carbocycles. The minimum Gasteiger partial charge on any atom is -0.390 e. The molecule has 0 aromatic carbocycles. The van der Waals surface area contributed by atoms with Crippen LogP contribution in [0.5, 0.6) is 0 Å². The standard InChI is InChI=1S/C13H16N2OS/c1-2-15(9-12-6-4-8-17-12)13-7-3-5-11(10-16)14-13/h3-8,16H,2,9-10H2,1H3. The molecule has 17 heavy (non-hydrogen) atoms. The van der Waals surface area contributed by atoms with Gasteiger partial charge in [-0.2, -0.15) is 0 Å². The SMILES string of the molecule is CCN(Cc1cccs1)c1cccc(CO)n1. The molecule has 90 valence electrons. The van der Waals surface area contributed by atoms with Crippen molar-refractivity contribution in [1.29, 1.82) is 0 Å². The summed E-state index contributed by atoms with van der Waals surface area (Å²) in [5.74, 6) is 0.924. The highest BCUT2D eigenvalue weighted by molar-refractivity contribution is 7.09. The van der Waals surface area contributed by atoms with Crippen LogP contribution in [0.15, 0.2) is 35.7 Å². The zero-order valence-corrected chi connectivity index (χ0v) is 10.7. The van der Waals surface area contributed by atoms with E-state index in [-0.39, 0.29) is 6.61 Å². The Morgan fingerprint density at radius 1 is 1.29 bits per heavy atom. The maximum atomic E-state index is 9.09. The van der Waals surface area contributed by atoms with Gasteiger partial charge in [-0.15, -0.1) is 11.3 Å². The highest BCUT2D eigenvalue weighted by Crippen LogP contribution is 2.17. The van der Waals surface area contributed by atoms with Gasteiger partial charge in [-0.05, 0) is 30.5 Å². The lowest BCUT2D eigenvalue weighted by molar-refractivity contribution is 0.277. The zero-order chi connectivity index (χ0) is 12.1. The van der Waals surface area contributed by atoms with Crippen LogP contribution in [-0.4, -0.2) is 16.6 Å². The summed E-state index contributed by atoms with van der Waals surface area (Å²) in [5, 5.41) is 11.2. The maximum absolute atomic E-state index is 9.09. The van der Waals surface area contributed by atoms with Gasteiger partial charge in [0.2, 0.25) is 0 Å². The number of aliphatic hydroxyl groups excluding tert-OH is 1. The fourth-order valence-corrected chi connectivity index (χ4v) is 2.40. The third-order valence-corrected chi connectivity index (χ3v) is 3.45. The molecule has 2 rings (SSSR count). The van der Waals surface area contributed by atoms with E-state index in [1.54, 1.807) is 11.3 Å². The van der Waals surface area contributed by atoms with E-state index < -0.39 is 0 Å². The molecule has 2 aromatic heterocycles. The van der Waals surface area contributed by atoms with E-state index in [0.717, 1.165) is 18.9 Å². The first-order chi connectivity index (χ1) is 8.33. The summed E-state index contributed by atoms with van der Waals surface area (Å²) in [7, 11) is 0. The van der Waals surface area contributed by atoms with E-state index in [2.05, 4.69) is 34.3 Å². The van der Waals surface area contributed by atoms with Crippen LogP contribution in [0.2, 0.25) is 0 Å². The van der Waals surface area contributed by atoms with Gasteiger partial charge in [0.1, 0.15) is 5.82 Å². The lowest BCUT2D eigenvalue weighted by Crippen LogP contribution is -2.22. The lowest BCUT2D eigenvalue weighted by Gasteiger charge is -2.21. The summed E-state index contributed by atoms with van der Waals surface area (Å²) in [6.45, 7) is 3.88. The third kappa shape index (κ3) is 3.05. The highest BCUT2D eigenvalue weighted by atomic mass is 32.1. The first-order valence-corrected chi connectivity index (χ1v) is 6.55. The van der Waals surface area contributed by atoms with E-state index >= 15 is 0 Å². The van der Waals surface area contributed by atoms with Gasteiger partial charge in [0.05, 0.1) is 18.8 Å². The van der Waals surface area contributed by atoms with Crippen molar-refractivity contribution in [2.24, 2.45) is 0 Å². The molecule has 4 heteroatoms. The second-order valence-corrected chi connectivity index (χ2v) is 4.77. The van der Waals surface area contributed by atoms with Crippen LogP contribution in [0, 0.1) is 0 Å². The second-order valence-electron chi connectivity index (χ2n) is 3.74. The Morgan fingerprint density at radius 2 is 2.18 bits per heavy atom. The molecule has 0 saturated heterocycles. The van der Waals surface area contributed by atoms with Crippen LogP contribution in [0.3, 0.4) is 0 Å². The van der Waals surface area contributed by atoms with Crippen molar-refractivity contribution >= 4 is 17.2 Å². The first kappa shape index (κ1) is 12.1. The van der Waals surface area contributed by atoms with Crippen LogP contribution in [0.1, 0.15) is 17.5 Å². The van der Waals surface area contributed by atoms with Gasteiger partial charge in [0, 0.05) is 11.4 Å². The fraction of sp³-hybridized carbons (Fsp3) is 0.308. The molecule has 0 unspecified atom stereocenters.